The summed E-state index contributed by atoms with van der Waals surface area (Å²) in [5.74, 6) is 1.61. The molecule has 92 valence electrons. The lowest BCUT2D eigenvalue weighted by molar-refractivity contribution is 0.119. The van der Waals surface area contributed by atoms with Crippen molar-refractivity contribution in [3.8, 4) is 0 Å². The monoisotopic (exact) mass is 229 g/mol. The van der Waals surface area contributed by atoms with Gasteiger partial charge in [0.1, 0.15) is 0 Å². The van der Waals surface area contributed by atoms with E-state index in [4.69, 9.17) is 0 Å². The quantitative estimate of drug-likeness (QED) is 0.654. The van der Waals surface area contributed by atoms with Crippen LogP contribution in [0.2, 0.25) is 0 Å². The van der Waals surface area contributed by atoms with Crippen LogP contribution in [0.3, 0.4) is 0 Å². The number of fused-ring (bicyclic) bond motifs is 2. The predicted octanol–water partition coefficient (Wildman–Crippen LogP) is 3.79. The van der Waals surface area contributed by atoms with Crippen LogP contribution < -0.4 is 0 Å². The summed E-state index contributed by atoms with van der Waals surface area (Å²) in [5.41, 5.74) is 3.16. The van der Waals surface area contributed by atoms with Gasteiger partial charge in [0.15, 0.2) is 0 Å². The van der Waals surface area contributed by atoms with Gasteiger partial charge >= 0.3 is 0 Å². The summed E-state index contributed by atoms with van der Waals surface area (Å²) in [4.78, 5) is 2.60. The maximum absolute atomic E-state index is 2.60. The van der Waals surface area contributed by atoms with Crippen LogP contribution in [-0.4, -0.2) is 18.0 Å². The van der Waals surface area contributed by atoms with Gasteiger partial charge in [0.2, 0.25) is 0 Å². The molecule has 0 bridgehead atoms. The molecular formula is C16H23N. The molecule has 1 heteroatoms. The lowest BCUT2D eigenvalue weighted by atomic mass is 9.74. The van der Waals surface area contributed by atoms with Crippen molar-refractivity contribution >= 4 is 0 Å². The smallest absolute Gasteiger partial charge is 0.0236 e. The average Bonchev–Trinajstić information content (AvgIpc) is 2.48. The lowest BCUT2D eigenvalue weighted by Gasteiger charge is -2.38. The molecule has 3 atom stereocenters. The minimum absolute atomic E-state index is 0.737. The van der Waals surface area contributed by atoms with Crippen LogP contribution in [0.15, 0.2) is 24.3 Å². The van der Waals surface area contributed by atoms with Crippen molar-refractivity contribution in [1.82, 2.24) is 4.90 Å². The van der Waals surface area contributed by atoms with Crippen molar-refractivity contribution in [2.75, 3.05) is 7.05 Å². The summed E-state index contributed by atoms with van der Waals surface area (Å²) < 4.78 is 0. The van der Waals surface area contributed by atoms with Crippen LogP contribution in [0.5, 0.6) is 0 Å². The van der Waals surface area contributed by atoms with Gasteiger partial charge in [-0.2, -0.15) is 0 Å². The van der Waals surface area contributed by atoms with E-state index >= 15 is 0 Å². The first-order valence-corrected chi connectivity index (χ1v) is 7.05. The largest absolute Gasteiger partial charge is 0.299 e. The normalized spacial score (nSPS) is 33.6. The number of benzene rings is 1. The van der Waals surface area contributed by atoms with E-state index in [0.29, 0.717) is 0 Å². The fourth-order valence-electron chi connectivity index (χ4n) is 4.01. The molecule has 0 N–H and O–H groups in total. The van der Waals surface area contributed by atoms with Gasteiger partial charge in [0.25, 0.3) is 0 Å². The van der Waals surface area contributed by atoms with Crippen molar-refractivity contribution in [3.05, 3.63) is 35.4 Å². The van der Waals surface area contributed by atoms with Gasteiger partial charge in [-0.15, -0.1) is 0 Å². The van der Waals surface area contributed by atoms with Crippen LogP contribution in [0.25, 0.3) is 0 Å². The van der Waals surface area contributed by atoms with Crippen molar-refractivity contribution < 1.29 is 0 Å². The van der Waals surface area contributed by atoms with Gasteiger partial charge < -0.3 is 0 Å². The highest BCUT2D eigenvalue weighted by Crippen LogP contribution is 2.42. The Bertz CT molecular complexity index is 398. The van der Waals surface area contributed by atoms with Gasteiger partial charge in [0, 0.05) is 12.6 Å². The molecule has 3 unspecified atom stereocenters. The van der Waals surface area contributed by atoms with Gasteiger partial charge in [-0.1, -0.05) is 44.0 Å². The third-order valence-corrected chi connectivity index (χ3v) is 4.96. The predicted molar refractivity (Wildman–Crippen MR) is 72.1 cm³/mol. The third kappa shape index (κ3) is 1.91. The van der Waals surface area contributed by atoms with Crippen LogP contribution in [0, 0.1) is 5.92 Å². The molecule has 17 heavy (non-hydrogen) atoms. The molecule has 1 aromatic rings. The molecule has 2 aliphatic rings. The van der Waals surface area contributed by atoms with Crippen LogP contribution in [0.4, 0.5) is 0 Å². The molecule has 1 heterocycles. The molecule has 1 aliphatic carbocycles. The van der Waals surface area contributed by atoms with Gasteiger partial charge in [-0.05, 0) is 42.9 Å². The minimum atomic E-state index is 0.737. The highest BCUT2D eigenvalue weighted by molar-refractivity contribution is 5.32. The maximum Gasteiger partial charge on any atom is 0.0236 e. The second-order valence-corrected chi connectivity index (χ2v) is 5.92. The van der Waals surface area contributed by atoms with E-state index < -0.39 is 0 Å². The van der Waals surface area contributed by atoms with Crippen LogP contribution in [0.1, 0.15) is 49.7 Å². The molecule has 1 saturated carbocycles. The van der Waals surface area contributed by atoms with E-state index in [9.17, 15) is 0 Å². The maximum atomic E-state index is 2.60. The highest BCUT2D eigenvalue weighted by atomic mass is 15.1. The van der Waals surface area contributed by atoms with Crippen molar-refractivity contribution in [3.63, 3.8) is 0 Å². The van der Waals surface area contributed by atoms with Gasteiger partial charge in [0.05, 0.1) is 0 Å². The van der Waals surface area contributed by atoms with Gasteiger partial charge in [-0.3, -0.25) is 4.90 Å². The Hall–Kier alpha value is -0.820. The molecule has 0 radical (unpaired) electrons. The van der Waals surface area contributed by atoms with E-state index in [1.807, 2.05) is 0 Å². The van der Waals surface area contributed by atoms with E-state index in [1.54, 1.807) is 11.1 Å². The Labute approximate surface area is 105 Å². The molecule has 3 rings (SSSR count). The lowest BCUT2D eigenvalue weighted by Crippen LogP contribution is -2.39. The molecule has 0 amide bonds. The van der Waals surface area contributed by atoms with Crippen LogP contribution >= 0.6 is 0 Å². The molecule has 1 aromatic carbocycles. The van der Waals surface area contributed by atoms with Gasteiger partial charge in [-0.25, -0.2) is 0 Å². The second kappa shape index (κ2) is 4.45. The van der Waals surface area contributed by atoms with Crippen molar-refractivity contribution in [1.29, 1.82) is 0 Å². The second-order valence-electron chi connectivity index (χ2n) is 5.92. The Balaban J connectivity index is 2.01. The number of rotatable bonds is 0. The molecule has 0 saturated heterocycles. The van der Waals surface area contributed by atoms with Crippen LogP contribution in [-0.2, 0) is 6.54 Å². The van der Waals surface area contributed by atoms with E-state index in [2.05, 4.69) is 43.1 Å². The zero-order chi connectivity index (χ0) is 11.8. The first-order chi connectivity index (χ1) is 8.27. The first-order valence-electron chi connectivity index (χ1n) is 7.05. The van der Waals surface area contributed by atoms with Crippen molar-refractivity contribution in [2.24, 2.45) is 5.92 Å². The van der Waals surface area contributed by atoms with Crippen molar-refractivity contribution in [2.45, 2.75) is 51.1 Å². The molecular weight excluding hydrogens is 206 g/mol. The zero-order valence-electron chi connectivity index (χ0n) is 11.0. The Morgan fingerprint density at radius 2 is 1.88 bits per heavy atom. The molecule has 1 nitrogen and oxygen atoms in total. The standard InChI is InChI=1S/C16H23N/c1-12-14-8-4-3-7-13(14)11-17(2)16-10-6-5-9-15(12)16/h3-4,7-8,12,15-16H,5-6,9-11H2,1-2H3. The Morgan fingerprint density at radius 1 is 1.12 bits per heavy atom. The average molecular weight is 229 g/mol. The number of nitrogens with zero attached hydrogens (tertiary/aromatic N) is 1. The highest BCUT2D eigenvalue weighted by Gasteiger charge is 2.35. The molecule has 0 spiro atoms. The SMILES string of the molecule is CC1c2ccccc2CN(C)C2CCCCC12. The zero-order valence-corrected chi connectivity index (χ0v) is 11.0. The minimum Gasteiger partial charge on any atom is -0.299 e. The topological polar surface area (TPSA) is 3.24 Å². The van der Waals surface area contributed by atoms with E-state index in [0.717, 1.165) is 24.4 Å². The number of hydrogen-bond donors (Lipinski definition) is 0. The summed E-state index contributed by atoms with van der Waals surface area (Å²) in [6, 6.07) is 9.88. The Kier molecular flexibility index (Phi) is 2.96. The third-order valence-electron chi connectivity index (χ3n) is 4.96. The van der Waals surface area contributed by atoms with E-state index in [-0.39, 0.29) is 0 Å². The summed E-state index contributed by atoms with van der Waals surface area (Å²) >= 11 is 0. The molecule has 1 fully saturated rings. The molecule has 0 aromatic heterocycles. The summed E-state index contributed by atoms with van der Waals surface area (Å²) in [6.07, 6.45) is 5.68. The summed E-state index contributed by atoms with van der Waals surface area (Å²) in [7, 11) is 2.32. The first kappa shape index (κ1) is 11.3. The summed E-state index contributed by atoms with van der Waals surface area (Å²) in [6.45, 7) is 3.59. The number of hydrogen-bond acceptors (Lipinski definition) is 1. The van der Waals surface area contributed by atoms with E-state index in [1.165, 1.54) is 25.7 Å². The Morgan fingerprint density at radius 3 is 2.76 bits per heavy atom. The summed E-state index contributed by atoms with van der Waals surface area (Å²) in [5, 5.41) is 0. The fourth-order valence-corrected chi connectivity index (χ4v) is 4.01. The fraction of sp³-hybridized carbons (Fsp3) is 0.625. The molecule has 1 aliphatic heterocycles.